The Labute approximate surface area is 243 Å². The van der Waals surface area contributed by atoms with Crippen molar-refractivity contribution in [2.24, 2.45) is 5.92 Å². The minimum atomic E-state index is -0.929. The standard InChI is InChI=1S/C26H29ClFNO.C2H5F.3C2H6/c1-6-19(15-18(5)28)24(17(3)4)25(26(30)21-9-8-14-29-16-21)23(7-2)20-10-12-22(27)13-11-20;1-2-3;3*1-2/h6-17,26,30H,1-5H3;2H2,1H3;3*1-2H3/b18-15+,19-6+,23-7-,25-24-;;;;. The van der Waals surface area contributed by atoms with Gasteiger partial charge >= 0.3 is 0 Å². The summed E-state index contributed by atoms with van der Waals surface area (Å²) in [5.41, 5.74) is 4.83. The number of allylic oxidation sites excluding steroid dienone is 6. The zero-order valence-electron chi connectivity index (χ0n) is 26.2. The quantitative estimate of drug-likeness (QED) is 0.340. The normalized spacial score (nSPS) is 12.7. The van der Waals surface area contributed by atoms with E-state index in [1.165, 1.54) is 19.9 Å². The molecule has 1 atom stereocenters. The maximum atomic E-state index is 13.9. The van der Waals surface area contributed by atoms with Crippen LogP contribution in [0.25, 0.3) is 5.57 Å². The number of aliphatic hydroxyl groups is 1. The van der Waals surface area contributed by atoms with Crippen molar-refractivity contribution < 1.29 is 13.9 Å². The molecule has 1 unspecified atom stereocenters. The molecular formula is C34H52ClF2NO. The van der Waals surface area contributed by atoms with Gasteiger partial charge in [-0.25, -0.2) is 4.39 Å². The Bertz CT molecular complexity index is 988. The van der Waals surface area contributed by atoms with E-state index in [1.807, 2.05) is 112 Å². The highest BCUT2D eigenvalue weighted by molar-refractivity contribution is 6.30. The number of rotatable bonds is 7. The van der Waals surface area contributed by atoms with Crippen molar-refractivity contribution in [3.8, 4) is 0 Å². The fraction of sp³-hybridized carbons (Fsp3) is 0.441. The molecule has 5 heteroatoms. The predicted octanol–water partition coefficient (Wildman–Crippen LogP) is 11.7. The molecule has 0 spiro atoms. The summed E-state index contributed by atoms with van der Waals surface area (Å²) in [6.07, 6.45) is 7.76. The zero-order chi connectivity index (χ0) is 31.0. The molecule has 1 aromatic heterocycles. The van der Waals surface area contributed by atoms with Crippen LogP contribution in [-0.2, 0) is 0 Å². The minimum Gasteiger partial charge on any atom is -0.384 e. The van der Waals surface area contributed by atoms with Crippen LogP contribution in [0.5, 0.6) is 0 Å². The molecule has 1 heterocycles. The first-order chi connectivity index (χ1) is 18.7. The van der Waals surface area contributed by atoms with Crippen LogP contribution >= 0.6 is 11.6 Å². The fourth-order valence-electron chi connectivity index (χ4n) is 3.58. The van der Waals surface area contributed by atoms with Crippen LogP contribution in [0.3, 0.4) is 0 Å². The van der Waals surface area contributed by atoms with E-state index in [4.69, 9.17) is 11.6 Å². The smallest absolute Gasteiger partial charge is 0.106 e. The monoisotopic (exact) mass is 563 g/mol. The van der Waals surface area contributed by atoms with Crippen LogP contribution < -0.4 is 0 Å². The van der Waals surface area contributed by atoms with Gasteiger partial charge in [0.15, 0.2) is 0 Å². The predicted molar refractivity (Wildman–Crippen MR) is 170 cm³/mol. The number of aromatic nitrogens is 1. The lowest BCUT2D eigenvalue weighted by atomic mass is 9.80. The number of hydrogen-bond acceptors (Lipinski definition) is 2. The van der Waals surface area contributed by atoms with Crippen LogP contribution in [0.4, 0.5) is 8.78 Å². The maximum Gasteiger partial charge on any atom is 0.106 e. The molecule has 0 aliphatic carbocycles. The van der Waals surface area contributed by atoms with Gasteiger partial charge in [-0.15, -0.1) is 0 Å². The largest absolute Gasteiger partial charge is 0.384 e. The van der Waals surface area contributed by atoms with E-state index >= 15 is 0 Å². The first-order valence-electron chi connectivity index (χ1n) is 14.0. The van der Waals surface area contributed by atoms with E-state index < -0.39 is 6.10 Å². The topological polar surface area (TPSA) is 33.1 Å². The molecule has 2 aromatic rings. The first kappa shape index (κ1) is 40.9. The molecule has 0 radical (unpaired) electrons. The Kier molecular flexibility index (Phi) is 27.0. The van der Waals surface area contributed by atoms with Gasteiger partial charge in [0.1, 0.15) is 6.10 Å². The third kappa shape index (κ3) is 15.0. The molecule has 0 saturated carbocycles. The van der Waals surface area contributed by atoms with Crippen LogP contribution in [-0.4, -0.2) is 16.8 Å². The van der Waals surface area contributed by atoms with E-state index in [0.29, 0.717) is 10.6 Å². The van der Waals surface area contributed by atoms with E-state index in [0.717, 1.165) is 27.9 Å². The summed E-state index contributed by atoms with van der Waals surface area (Å²) in [5.74, 6) is -0.250. The minimum absolute atomic E-state index is 0.0374. The summed E-state index contributed by atoms with van der Waals surface area (Å²) in [7, 11) is 0. The summed E-state index contributed by atoms with van der Waals surface area (Å²) in [5, 5.41) is 12.1. The second kappa shape index (κ2) is 25.7. The van der Waals surface area contributed by atoms with Crippen molar-refractivity contribution in [3.63, 3.8) is 0 Å². The van der Waals surface area contributed by atoms with Crippen molar-refractivity contribution >= 4 is 17.2 Å². The van der Waals surface area contributed by atoms with Crippen molar-refractivity contribution in [3.05, 3.63) is 106 Å². The molecule has 0 fully saturated rings. The van der Waals surface area contributed by atoms with Crippen molar-refractivity contribution in [1.29, 1.82) is 0 Å². The Morgan fingerprint density at radius 2 is 1.46 bits per heavy atom. The van der Waals surface area contributed by atoms with Gasteiger partial charge in [0, 0.05) is 23.0 Å². The lowest BCUT2D eigenvalue weighted by molar-refractivity contribution is 0.218. The molecule has 0 amide bonds. The number of alkyl halides is 1. The molecule has 2 rings (SSSR count). The van der Waals surface area contributed by atoms with Crippen LogP contribution in [0, 0.1) is 5.92 Å². The Balaban J connectivity index is -0.00000129. The van der Waals surface area contributed by atoms with Crippen molar-refractivity contribution in [1.82, 2.24) is 4.98 Å². The highest BCUT2D eigenvalue weighted by Crippen LogP contribution is 2.41. The molecule has 0 aliphatic rings. The number of benzene rings is 1. The highest BCUT2D eigenvalue weighted by Gasteiger charge is 2.25. The number of hydrogen-bond donors (Lipinski definition) is 1. The van der Waals surface area contributed by atoms with Gasteiger partial charge in [0.05, 0.1) is 12.5 Å². The summed E-state index contributed by atoms with van der Waals surface area (Å²) in [4.78, 5) is 4.17. The van der Waals surface area contributed by atoms with E-state index in [9.17, 15) is 13.9 Å². The van der Waals surface area contributed by atoms with E-state index in [1.54, 1.807) is 18.5 Å². The maximum absolute atomic E-state index is 13.9. The number of nitrogens with zero attached hydrogens (tertiary/aromatic N) is 1. The van der Waals surface area contributed by atoms with Crippen molar-refractivity contribution in [2.45, 2.75) is 89.2 Å². The van der Waals surface area contributed by atoms with Gasteiger partial charge in [-0.3, -0.25) is 9.37 Å². The van der Waals surface area contributed by atoms with Gasteiger partial charge in [-0.2, -0.15) is 0 Å². The molecule has 0 aliphatic heterocycles. The highest BCUT2D eigenvalue weighted by atomic mass is 35.5. The molecule has 220 valence electrons. The van der Waals surface area contributed by atoms with Crippen LogP contribution in [0.1, 0.15) is 100 Å². The molecule has 1 aromatic carbocycles. The second-order valence-corrected chi connectivity index (χ2v) is 8.06. The molecule has 2 nitrogen and oxygen atoms in total. The third-order valence-corrected chi connectivity index (χ3v) is 5.10. The SMILES string of the molecule is CC.CC.CC.CCF.C\C=C(/C(=C(C(/C=C(\C)F)=C/C)\C(C)C)C(O)c1cccnc1)c1ccc(Cl)cc1. The van der Waals surface area contributed by atoms with Gasteiger partial charge in [0.2, 0.25) is 0 Å². The van der Waals surface area contributed by atoms with Gasteiger partial charge < -0.3 is 5.11 Å². The number of halogens is 3. The lowest BCUT2D eigenvalue weighted by Crippen LogP contribution is -2.12. The van der Waals surface area contributed by atoms with Gasteiger partial charge in [-0.05, 0) is 85.7 Å². The lowest BCUT2D eigenvalue weighted by Gasteiger charge is -2.26. The molecule has 1 N–H and O–H groups in total. The molecule has 0 bridgehead atoms. The number of pyridine rings is 1. The van der Waals surface area contributed by atoms with Crippen LogP contribution in [0.2, 0.25) is 5.02 Å². The molecule has 0 saturated heterocycles. The summed E-state index contributed by atoms with van der Waals surface area (Å²) in [6.45, 7) is 22.5. The summed E-state index contributed by atoms with van der Waals surface area (Å²) in [6, 6.07) is 11.1. The van der Waals surface area contributed by atoms with E-state index in [2.05, 4.69) is 4.98 Å². The number of aliphatic hydroxyl groups excluding tert-OH is 1. The van der Waals surface area contributed by atoms with E-state index in [-0.39, 0.29) is 18.4 Å². The third-order valence-electron chi connectivity index (χ3n) is 4.85. The fourth-order valence-corrected chi connectivity index (χ4v) is 3.71. The summed E-state index contributed by atoms with van der Waals surface area (Å²) < 4.78 is 24.2. The Hall–Kier alpha value is -2.56. The van der Waals surface area contributed by atoms with Gasteiger partial charge in [0.25, 0.3) is 0 Å². The van der Waals surface area contributed by atoms with Crippen molar-refractivity contribution in [2.75, 3.05) is 6.67 Å². The summed E-state index contributed by atoms with van der Waals surface area (Å²) >= 11 is 6.09. The molecule has 39 heavy (non-hydrogen) atoms. The Morgan fingerprint density at radius 3 is 1.82 bits per heavy atom. The second-order valence-electron chi connectivity index (χ2n) is 7.62. The van der Waals surface area contributed by atoms with Crippen LogP contribution in [0.15, 0.2) is 89.6 Å². The van der Waals surface area contributed by atoms with Gasteiger partial charge in [-0.1, -0.05) is 97.3 Å². The Morgan fingerprint density at radius 1 is 0.949 bits per heavy atom. The average Bonchev–Trinajstić information content (AvgIpc) is 2.96. The zero-order valence-corrected chi connectivity index (χ0v) is 27.0. The average molecular weight is 564 g/mol. The molecular weight excluding hydrogens is 512 g/mol. The first-order valence-corrected chi connectivity index (χ1v) is 14.4.